The lowest BCUT2D eigenvalue weighted by molar-refractivity contribution is -0.139. The predicted octanol–water partition coefficient (Wildman–Crippen LogP) is 1.07. The Labute approximate surface area is 305 Å². The van der Waals surface area contributed by atoms with Gasteiger partial charge in [-0.15, -0.1) is 0 Å². The lowest BCUT2D eigenvalue weighted by atomic mass is 10.0. The average Bonchev–Trinajstić information content (AvgIpc) is 3.05. The number of carbonyl (C=O) groups is 9. The Kier molecular flexibility index (Phi) is 23.2. The van der Waals surface area contributed by atoms with Crippen LogP contribution in [0.2, 0.25) is 0 Å². The van der Waals surface area contributed by atoms with Crippen molar-refractivity contribution in [1.82, 2.24) is 31.9 Å². The summed E-state index contributed by atoms with van der Waals surface area (Å²) in [6, 6.07) is -7.04. The minimum absolute atomic E-state index is 0.220. The minimum Gasteiger partial charge on any atom is -0.481 e. The third kappa shape index (κ3) is 20.3. The van der Waals surface area contributed by atoms with Crippen molar-refractivity contribution >= 4 is 53.2 Å². The molecule has 0 radical (unpaired) electrons. The van der Waals surface area contributed by atoms with Gasteiger partial charge < -0.3 is 42.1 Å². The summed E-state index contributed by atoms with van der Waals surface area (Å²) in [5.41, 5.74) is 0. The molecule has 0 unspecified atom stereocenters. The fourth-order valence-corrected chi connectivity index (χ4v) is 4.95. The van der Waals surface area contributed by atoms with Gasteiger partial charge >= 0.3 is 11.9 Å². The van der Waals surface area contributed by atoms with Gasteiger partial charge in [-0.1, -0.05) is 59.3 Å². The summed E-state index contributed by atoms with van der Waals surface area (Å²) in [7, 11) is 0. The second-order valence-electron chi connectivity index (χ2n) is 13.4. The molecule has 17 heteroatoms. The monoisotopic (exact) mass is 740 g/mol. The van der Waals surface area contributed by atoms with Gasteiger partial charge in [0, 0.05) is 19.3 Å². The van der Waals surface area contributed by atoms with Crippen LogP contribution >= 0.6 is 0 Å². The molecule has 0 aliphatic rings. The van der Waals surface area contributed by atoms with Crippen LogP contribution in [0.1, 0.15) is 126 Å². The van der Waals surface area contributed by atoms with Gasteiger partial charge in [0.1, 0.15) is 30.2 Å². The quantitative estimate of drug-likeness (QED) is 0.0552. The molecule has 0 bridgehead atoms. The molecule has 296 valence electrons. The fraction of sp³-hybridized carbons (Fsp3) is 0.743. The molecule has 0 aromatic carbocycles. The number of hydrogen-bond donors (Lipinski definition) is 8. The molecule has 0 aliphatic carbocycles. The Bertz CT molecular complexity index is 1240. The molecular formula is C35H60N6O11. The van der Waals surface area contributed by atoms with Crippen LogP contribution in [0.5, 0.6) is 0 Å². The molecule has 0 aromatic rings. The smallest absolute Gasteiger partial charge is 0.303 e. The van der Waals surface area contributed by atoms with E-state index in [2.05, 4.69) is 38.8 Å². The highest BCUT2D eigenvalue weighted by Crippen LogP contribution is 2.10. The van der Waals surface area contributed by atoms with Gasteiger partial charge in [0.05, 0.1) is 6.04 Å². The zero-order chi connectivity index (χ0) is 40.0. The van der Waals surface area contributed by atoms with E-state index in [0.717, 1.165) is 32.6 Å². The van der Waals surface area contributed by atoms with Crippen LogP contribution < -0.4 is 31.9 Å². The SMILES string of the molecule is CCCCCCCCCC(=O)N[C@H](C(=O)N[C@@H](C)C(=O)N[C@@H](C)C(=O)N[C@@H](C)C(=O)N[C@@H](CCC(=O)O)C(=O)N[C@@H](CCC(=O)O)C(C)=O)C(C)C. The lowest BCUT2D eigenvalue weighted by Crippen LogP contribution is -2.58. The zero-order valence-electron chi connectivity index (χ0n) is 31.6. The third-order valence-electron chi connectivity index (χ3n) is 8.26. The molecule has 0 saturated carbocycles. The number of carboxylic acid groups (broad SMARTS) is 2. The highest BCUT2D eigenvalue weighted by atomic mass is 16.4. The first-order valence-corrected chi connectivity index (χ1v) is 18.1. The first kappa shape index (κ1) is 47.4. The van der Waals surface area contributed by atoms with Crippen molar-refractivity contribution in [3.05, 3.63) is 0 Å². The third-order valence-corrected chi connectivity index (χ3v) is 8.26. The summed E-state index contributed by atoms with van der Waals surface area (Å²) in [5.74, 6) is -7.38. The standard InChI is InChI=1S/C35H60N6O11/c1-8-9-10-11-12-13-14-15-27(43)41-30(20(2)3)35(52)38-22(5)32(49)36-21(4)31(48)37-23(6)33(50)40-26(17-19-29(46)47)34(51)39-25(24(7)42)16-18-28(44)45/h20-23,25-26,30H,8-19H2,1-7H3,(H,36,49)(H,37,48)(H,38,52)(H,39,51)(H,40,50)(H,41,43)(H,44,45)(H,46,47)/t21-,22-,23-,25-,26-,30-/m0/s1. The number of Topliss-reactive ketones (excluding diaryl/α,β-unsaturated/α-hetero) is 1. The number of nitrogens with one attached hydrogen (secondary N) is 6. The number of rotatable bonds is 27. The summed E-state index contributed by atoms with van der Waals surface area (Å²) in [5, 5.41) is 32.8. The summed E-state index contributed by atoms with van der Waals surface area (Å²) in [4.78, 5) is 111. The second kappa shape index (κ2) is 25.4. The number of amides is 6. The van der Waals surface area contributed by atoms with Crippen molar-refractivity contribution in [1.29, 1.82) is 0 Å². The lowest BCUT2D eigenvalue weighted by Gasteiger charge is -2.25. The highest BCUT2D eigenvalue weighted by molar-refractivity contribution is 5.96. The normalized spacial score (nSPS) is 14.4. The predicted molar refractivity (Wildman–Crippen MR) is 190 cm³/mol. The first-order chi connectivity index (χ1) is 24.3. The van der Waals surface area contributed by atoms with E-state index in [0.29, 0.717) is 6.42 Å². The van der Waals surface area contributed by atoms with Gasteiger partial charge in [-0.2, -0.15) is 0 Å². The number of hydrogen-bond acceptors (Lipinski definition) is 9. The fourth-order valence-electron chi connectivity index (χ4n) is 4.95. The maximum Gasteiger partial charge on any atom is 0.303 e. The number of carbonyl (C=O) groups excluding carboxylic acids is 7. The van der Waals surface area contributed by atoms with E-state index in [4.69, 9.17) is 10.2 Å². The maximum absolute atomic E-state index is 13.0. The van der Waals surface area contributed by atoms with E-state index in [1.807, 2.05) is 0 Å². The molecule has 6 atom stereocenters. The van der Waals surface area contributed by atoms with Crippen molar-refractivity contribution in [2.75, 3.05) is 0 Å². The molecule has 52 heavy (non-hydrogen) atoms. The van der Waals surface area contributed by atoms with Crippen LogP contribution in [0.3, 0.4) is 0 Å². The summed E-state index contributed by atoms with van der Waals surface area (Å²) in [6.07, 6.45) is 6.09. The molecule has 0 aliphatic heterocycles. The summed E-state index contributed by atoms with van der Waals surface area (Å²) < 4.78 is 0. The molecule has 0 spiro atoms. The van der Waals surface area contributed by atoms with Gasteiger partial charge in [0.2, 0.25) is 35.4 Å². The van der Waals surface area contributed by atoms with Gasteiger partial charge in [-0.3, -0.25) is 43.2 Å². The molecule has 0 heterocycles. The van der Waals surface area contributed by atoms with Crippen molar-refractivity contribution in [2.24, 2.45) is 5.92 Å². The number of aliphatic carboxylic acids is 2. The molecule has 6 amide bonds. The van der Waals surface area contributed by atoms with Crippen molar-refractivity contribution < 1.29 is 53.4 Å². The van der Waals surface area contributed by atoms with Crippen LogP contribution in [0.25, 0.3) is 0 Å². The van der Waals surface area contributed by atoms with Crippen LogP contribution in [-0.2, 0) is 43.2 Å². The van der Waals surface area contributed by atoms with Crippen molar-refractivity contribution in [3.63, 3.8) is 0 Å². The van der Waals surface area contributed by atoms with Gasteiger partial charge in [-0.05, 0) is 52.9 Å². The molecule has 0 aromatic heterocycles. The van der Waals surface area contributed by atoms with E-state index in [-0.39, 0.29) is 31.1 Å². The molecule has 0 saturated heterocycles. The zero-order valence-corrected chi connectivity index (χ0v) is 31.6. The topological polar surface area (TPSA) is 266 Å². The molecule has 0 rings (SSSR count). The van der Waals surface area contributed by atoms with Crippen LogP contribution in [0, 0.1) is 5.92 Å². The van der Waals surface area contributed by atoms with Gasteiger partial charge in [-0.25, -0.2) is 0 Å². The van der Waals surface area contributed by atoms with Crippen molar-refractivity contribution in [3.8, 4) is 0 Å². The van der Waals surface area contributed by atoms with E-state index in [1.54, 1.807) is 13.8 Å². The van der Waals surface area contributed by atoms with E-state index in [1.165, 1.54) is 33.6 Å². The van der Waals surface area contributed by atoms with Crippen LogP contribution in [0.4, 0.5) is 0 Å². The highest BCUT2D eigenvalue weighted by Gasteiger charge is 2.30. The Morgan fingerprint density at radius 2 is 0.885 bits per heavy atom. The largest absolute Gasteiger partial charge is 0.481 e. The van der Waals surface area contributed by atoms with Gasteiger partial charge in [0.15, 0.2) is 5.78 Å². The molecule has 17 nitrogen and oxygen atoms in total. The maximum atomic E-state index is 13.0. The Morgan fingerprint density at radius 1 is 0.481 bits per heavy atom. The molecule has 0 fully saturated rings. The van der Waals surface area contributed by atoms with Crippen molar-refractivity contribution in [2.45, 2.75) is 162 Å². The Balaban J connectivity index is 5.15. The molecular weight excluding hydrogens is 680 g/mol. The molecule has 8 N–H and O–H groups in total. The summed E-state index contributed by atoms with van der Waals surface area (Å²) >= 11 is 0. The second-order valence-corrected chi connectivity index (χ2v) is 13.4. The summed E-state index contributed by atoms with van der Waals surface area (Å²) in [6.45, 7) is 10.9. The number of unbranched alkanes of at least 4 members (excludes halogenated alkanes) is 6. The van der Waals surface area contributed by atoms with E-state index >= 15 is 0 Å². The van der Waals surface area contributed by atoms with E-state index < -0.39 is 96.4 Å². The van der Waals surface area contributed by atoms with Crippen LogP contribution in [-0.4, -0.2) is 99.6 Å². The Morgan fingerprint density at radius 3 is 1.33 bits per heavy atom. The van der Waals surface area contributed by atoms with E-state index in [9.17, 15) is 43.2 Å². The average molecular weight is 741 g/mol. The first-order valence-electron chi connectivity index (χ1n) is 18.1. The Hall–Kier alpha value is -4.57. The number of carboxylic acids is 2. The van der Waals surface area contributed by atoms with Gasteiger partial charge in [0.25, 0.3) is 0 Å². The van der Waals surface area contributed by atoms with Crippen LogP contribution in [0.15, 0.2) is 0 Å². The number of ketones is 1. The minimum atomic E-state index is -1.43.